The molecular weight excluding hydrogens is 232 g/mol. The molecule has 2 aromatic rings. The molecule has 0 aliphatic carbocycles. The second kappa shape index (κ2) is 5.12. The zero-order valence-electron chi connectivity index (χ0n) is 10.5. The summed E-state index contributed by atoms with van der Waals surface area (Å²) in [6.07, 6.45) is 2.08. The number of fused-ring (bicyclic) bond motifs is 1. The Morgan fingerprint density at radius 2 is 2.22 bits per heavy atom. The molecule has 1 aromatic carbocycles. The molecule has 96 valence electrons. The number of aryl methyl sites for hydroxylation is 1. The number of ether oxygens (including phenoxy) is 1. The largest absolute Gasteiger partial charge is 0.494 e. The topological polar surface area (TPSA) is 59.7 Å². The Bertz CT molecular complexity index is 568. The Balaban J connectivity index is 2.32. The minimum atomic E-state index is -1.04. The predicted molar refractivity (Wildman–Crippen MR) is 68.3 cm³/mol. The summed E-state index contributed by atoms with van der Waals surface area (Å²) in [7, 11) is 0. The number of hydrogen-bond donors (Lipinski definition) is 1. The smallest absolute Gasteiger partial charge is 0.372 e. The van der Waals surface area contributed by atoms with Crippen molar-refractivity contribution in [1.29, 1.82) is 0 Å². The lowest BCUT2D eigenvalue weighted by atomic mass is 10.1. The maximum atomic E-state index is 11.0. The van der Waals surface area contributed by atoms with E-state index < -0.39 is 5.97 Å². The quantitative estimate of drug-likeness (QED) is 0.821. The van der Waals surface area contributed by atoms with Crippen LogP contribution in [0.1, 0.15) is 35.9 Å². The van der Waals surface area contributed by atoms with Crippen LogP contribution >= 0.6 is 0 Å². The number of hydrogen-bond acceptors (Lipinski definition) is 3. The van der Waals surface area contributed by atoms with Crippen LogP contribution in [-0.2, 0) is 0 Å². The third kappa shape index (κ3) is 2.32. The van der Waals surface area contributed by atoms with Crippen molar-refractivity contribution in [3.05, 3.63) is 29.5 Å². The maximum Gasteiger partial charge on any atom is 0.372 e. The number of aromatic carboxylic acids is 1. The van der Waals surface area contributed by atoms with E-state index in [9.17, 15) is 4.79 Å². The van der Waals surface area contributed by atoms with E-state index in [0.29, 0.717) is 17.8 Å². The SMILES string of the molecule is CCCCOc1ccc2oc(C(=O)O)c(C)c2c1. The molecule has 4 nitrogen and oxygen atoms in total. The summed E-state index contributed by atoms with van der Waals surface area (Å²) < 4.78 is 10.9. The third-order valence-corrected chi connectivity index (χ3v) is 2.87. The summed E-state index contributed by atoms with van der Waals surface area (Å²) >= 11 is 0. The molecule has 0 spiro atoms. The average molecular weight is 248 g/mol. The molecule has 0 radical (unpaired) electrons. The van der Waals surface area contributed by atoms with Crippen LogP contribution in [-0.4, -0.2) is 17.7 Å². The maximum absolute atomic E-state index is 11.0. The first kappa shape index (κ1) is 12.5. The number of carbonyl (C=O) groups is 1. The van der Waals surface area contributed by atoms with Gasteiger partial charge >= 0.3 is 5.97 Å². The Morgan fingerprint density at radius 3 is 2.89 bits per heavy atom. The van der Waals surface area contributed by atoms with E-state index in [4.69, 9.17) is 14.3 Å². The van der Waals surface area contributed by atoms with Gasteiger partial charge in [0.2, 0.25) is 5.76 Å². The van der Waals surface area contributed by atoms with E-state index in [0.717, 1.165) is 24.0 Å². The van der Waals surface area contributed by atoms with E-state index in [1.54, 1.807) is 19.1 Å². The van der Waals surface area contributed by atoms with Crippen LogP contribution in [0.25, 0.3) is 11.0 Å². The third-order valence-electron chi connectivity index (χ3n) is 2.87. The van der Waals surface area contributed by atoms with Crippen molar-refractivity contribution in [3.8, 4) is 5.75 Å². The molecular formula is C14H16O4. The average Bonchev–Trinajstić information content (AvgIpc) is 2.67. The van der Waals surface area contributed by atoms with Crippen molar-refractivity contribution in [3.63, 3.8) is 0 Å². The number of benzene rings is 1. The number of carboxylic acids is 1. The van der Waals surface area contributed by atoms with Crippen LogP contribution in [0.4, 0.5) is 0 Å². The van der Waals surface area contributed by atoms with Crippen molar-refractivity contribution >= 4 is 16.9 Å². The van der Waals surface area contributed by atoms with E-state index in [-0.39, 0.29) is 5.76 Å². The van der Waals surface area contributed by atoms with Crippen molar-refractivity contribution in [1.82, 2.24) is 0 Å². The molecule has 0 unspecified atom stereocenters. The fourth-order valence-corrected chi connectivity index (χ4v) is 1.83. The molecule has 1 N–H and O–H groups in total. The van der Waals surface area contributed by atoms with E-state index in [2.05, 4.69) is 6.92 Å². The lowest BCUT2D eigenvalue weighted by Crippen LogP contribution is -1.96. The highest BCUT2D eigenvalue weighted by molar-refractivity contribution is 5.95. The lowest BCUT2D eigenvalue weighted by Gasteiger charge is -2.04. The Morgan fingerprint density at radius 1 is 1.44 bits per heavy atom. The van der Waals surface area contributed by atoms with Gasteiger partial charge in [0.15, 0.2) is 0 Å². The van der Waals surface area contributed by atoms with Crippen molar-refractivity contribution < 1.29 is 19.1 Å². The number of unbranched alkanes of at least 4 members (excludes halogenated alkanes) is 1. The Kier molecular flexibility index (Phi) is 3.55. The van der Waals surface area contributed by atoms with Gasteiger partial charge in [0.05, 0.1) is 6.61 Å². The summed E-state index contributed by atoms with van der Waals surface area (Å²) in [5, 5.41) is 9.78. The van der Waals surface area contributed by atoms with Gasteiger partial charge in [0.1, 0.15) is 11.3 Å². The van der Waals surface area contributed by atoms with Crippen LogP contribution in [0, 0.1) is 6.92 Å². The lowest BCUT2D eigenvalue weighted by molar-refractivity contribution is 0.0664. The first-order valence-electron chi connectivity index (χ1n) is 6.02. The van der Waals surface area contributed by atoms with Gasteiger partial charge < -0.3 is 14.3 Å². The molecule has 0 atom stereocenters. The first-order valence-corrected chi connectivity index (χ1v) is 6.02. The van der Waals surface area contributed by atoms with Gasteiger partial charge in [-0.3, -0.25) is 0 Å². The highest BCUT2D eigenvalue weighted by Gasteiger charge is 2.16. The fourth-order valence-electron chi connectivity index (χ4n) is 1.83. The summed E-state index contributed by atoms with van der Waals surface area (Å²) in [6.45, 7) is 4.52. The summed E-state index contributed by atoms with van der Waals surface area (Å²) in [4.78, 5) is 11.0. The van der Waals surface area contributed by atoms with Gasteiger partial charge in [-0.05, 0) is 31.5 Å². The molecule has 0 aliphatic heterocycles. The van der Waals surface area contributed by atoms with Gasteiger partial charge in [-0.25, -0.2) is 4.79 Å². The molecule has 2 rings (SSSR count). The van der Waals surface area contributed by atoms with Crippen molar-refractivity contribution in [2.45, 2.75) is 26.7 Å². The highest BCUT2D eigenvalue weighted by Crippen LogP contribution is 2.28. The van der Waals surface area contributed by atoms with Crippen LogP contribution in [0.5, 0.6) is 5.75 Å². The minimum Gasteiger partial charge on any atom is -0.494 e. The minimum absolute atomic E-state index is 0.00397. The van der Waals surface area contributed by atoms with Gasteiger partial charge in [-0.1, -0.05) is 13.3 Å². The zero-order valence-corrected chi connectivity index (χ0v) is 10.5. The molecule has 0 saturated heterocycles. The number of furan rings is 1. The van der Waals surface area contributed by atoms with E-state index >= 15 is 0 Å². The van der Waals surface area contributed by atoms with Crippen LogP contribution < -0.4 is 4.74 Å². The fraction of sp³-hybridized carbons (Fsp3) is 0.357. The van der Waals surface area contributed by atoms with Crippen LogP contribution in [0.15, 0.2) is 22.6 Å². The molecule has 4 heteroatoms. The van der Waals surface area contributed by atoms with Crippen LogP contribution in [0.2, 0.25) is 0 Å². The van der Waals surface area contributed by atoms with Crippen LogP contribution in [0.3, 0.4) is 0 Å². The number of rotatable bonds is 5. The molecule has 0 aliphatic rings. The Labute approximate surface area is 105 Å². The monoisotopic (exact) mass is 248 g/mol. The zero-order chi connectivity index (χ0) is 13.1. The van der Waals surface area contributed by atoms with Crippen molar-refractivity contribution in [2.75, 3.05) is 6.61 Å². The molecule has 0 amide bonds. The summed E-state index contributed by atoms with van der Waals surface area (Å²) in [6, 6.07) is 5.37. The molecule has 0 fully saturated rings. The van der Waals surface area contributed by atoms with Crippen molar-refractivity contribution in [2.24, 2.45) is 0 Å². The summed E-state index contributed by atoms with van der Waals surface area (Å²) in [5.41, 5.74) is 1.21. The molecule has 0 saturated carbocycles. The highest BCUT2D eigenvalue weighted by atomic mass is 16.5. The number of carboxylic acid groups (broad SMARTS) is 1. The molecule has 18 heavy (non-hydrogen) atoms. The molecule has 1 heterocycles. The van der Waals surface area contributed by atoms with Gasteiger partial charge in [0.25, 0.3) is 0 Å². The second-order valence-corrected chi connectivity index (χ2v) is 4.22. The standard InChI is InChI=1S/C14H16O4/c1-3-4-7-17-10-5-6-12-11(8-10)9(2)13(18-12)14(15)16/h5-6,8H,3-4,7H2,1-2H3,(H,15,16). The van der Waals surface area contributed by atoms with E-state index in [1.165, 1.54) is 0 Å². The summed E-state index contributed by atoms with van der Waals surface area (Å²) in [5.74, 6) is -0.301. The Hall–Kier alpha value is -1.97. The predicted octanol–water partition coefficient (Wildman–Crippen LogP) is 3.62. The van der Waals surface area contributed by atoms with Gasteiger partial charge in [0, 0.05) is 10.9 Å². The van der Waals surface area contributed by atoms with Gasteiger partial charge in [-0.2, -0.15) is 0 Å². The molecule has 1 aromatic heterocycles. The van der Waals surface area contributed by atoms with E-state index in [1.807, 2.05) is 6.07 Å². The molecule has 0 bridgehead atoms. The van der Waals surface area contributed by atoms with Gasteiger partial charge in [-0.15, -0.1) is 0 Å². The second-order valence-electron chi connectivity index (χ2n) is 4.22. The normalized spacial score (nSPS) is 10.8. The first-order chi connectivity index (χ1) is 8.63.